The van der Waals surface area contributed by atoms with E-state index in [2.05, 4.69) is 31.2 Å². The largest absolute Gasteiger partial charge is 0.383 e. The zero-order chi connectivity index (χ0) is 14.6. The number of carbonyl (C=O) groups is 1. The molecule has 0 saturated heterocycles. The van der Waals surface area contributed by atoms with Crippen LogP contribution in [0.25, 0.3) is 0 Å². The van der Waals surface area contributed by atoms with Gasteiger partial charge in [-0.3, -0.25) is 9.48 Å². The molecule has 0 aliphatic rings. The maximum atomic E-state index is 12.2. The van der Waals surface area contributed by atoms with Crippen LogP contribution in [-0.4, -0.2) is 35.4 Å². The predicted octanol–water partition coefficient (Wildman–Crippen LogP) is 1.87. The van der Waals surface area contributed by atoms with Crippen LogP contribution in [0.5, 0.6) is 0 Å². The molecular weight excluding hydrogens is 242 g/mol. The van der Waals surface area contributed by atoms with Crippen molar-refractivity contribution in [2.24, 2.45) is 7.05 Å². The number of ether oxygens (including phenoxy) is 1. The summed E-state index contributed by atoms with van der Waals surface area (Å²) in [4.78, 5) is 12.2. The van der Waals surface area contributed by atoms with E-state index in [0.717, 1.165) is 12.1 Å². The summed E-state index contributed by atoms with van der Waals surface area (Å²) in [6, 6.07) is 1.89. The van der Waals surface area contributed by atoms with Gasteiger partial charge in [0, 0.05) is 19.6 Å². The van der Waals surface area contributed by atoms with Gasteiger partial charge in [0.2, 0.25) is 0 Å². The lowest BCUT2D eigenvalue weighted by Gasteiger charge is -2.15. The molecule has 1 aromatic rings. The van der Waals surface area contributed by atoms with Crippen LogP contribution in [0.4, 0.5) is 0 Å². The van der Waals surface area contributed by atoms with Crippen molar-refractivity contribution < 1.29 is 9.53 Å². The molecule has 1 atom stereocenters. The van der Waals surface area contributed by atoms with E-state index in [0.29, 0.717) is 12.3 Å². The SMILES string of the molecule is CCC(COC)NC(=O)c1cc(C(C)(C)C)nn1C. The third-order valence-electron chi connectivity index (χ3n) is 3.08. The highest BCUT2D eigenvalue weighted by molar-refractivity contribution is 5.92. The van der Waals surface area contributed by atoms with Crippen LogP contribution >= 0.6 is 0 Å². The van der Waals surface area contributed by atoms with Gasteiger partial charge in [-0.15, -0.1) is 0 Å². The molecule has 1 aromatic heterocycles. The number of aryl methyl sites for hydroxylation is 1. The summed E-state index contributed by atoms with van der Waals surface area (Å²) in [5.41, 5.74) is 1.44. The molecule has 108 valence electrons. The van der Waals surface area contributed by atoms with Gasteiger partial charge in [0.05, 0.1) is 18.3 Å². The fourth-order valence-corrected chi connectivity index (χ4v) is 1.77. The number of hydrogen-bond acceptors (Lipinski definition) is 3. The van der Waals surface area contributed by atoms with Gasteiger partial charge in [0.25, 0.3) is 5.91 Å². The lowest BCUT2D eigenvalue weighted by Crippen LogP contribution is -2.38. The van der Waals surface area contributed by atoms with Crippen LogP contribution in [-0.2, 0) is 17.2 Å². The summed E-state index contributed by atoms with van der Waals surface area (Å²) in [6.07, 6.45) is 0.837. The second-order valence-corrected chi connectivity index (χ2v) is 5.82. The van der Waals surface area contributed by atoms with Gasteiger partial charge in [0.1, 0.15) is 5.69 Å². The first-order chi connectivity index (χ1) is 8.79. The average molecular weight is 267 g/mol. The second-order valence-electron chi connectivity index (χ2n) is 5.82. The van der Waals surface area contributed by atoms with E-state index >= 15 is 0 Å². The molecule has 5 nitrogen and oxygen atoms in total. The van der Waals surface area contributed by atoms with Gasteiger partial charge < -0.3 is 10.1 Å². The first kappa shape index (κ1) is 15.7. The Labute approximate surface area is 115 Å². The van der Waals surface area contributed by atoms with Gasteiger partial charge in [0.15, 0.2) is 0 Å². The summed E-state index contributed by atoms with van der Waals surface area (Å²) in [6.45, 7) is 8.78. The van der Waals surface area contributed by atoms with Crippen molar-refractivity contribution >= 4 is 5.91 Å². The number of hydrogen-bond donors (Lipinski definition) is 1. The highest BCUT2D eigenvalue weighted by Gasteiger charge is 2.22. The Kier molecular flexibility index (Phi) is 5.11. The van der Waals surface area contributed by atoms with Crippen LogP contribution in [0, 0.1) is 0 Å². The summed E-state index contributed by atoms with van der Waals surface area (Å²) in [5, 5.41) is 7.37. The minimum absolute atomic E-state index is 0.0329. The molecule has 1 N–H and O–H groups in total. The van der Waals surface area contributed by atoms with E-state index in [9.17, 15) is 4.79 Å². The van der Waals surface area contributed by atoms with Crippen LogP contribution in [0.3, 0.4) is 0 Å². The van der Waals surface area contributed by atoms with Crippen molar-refractivity contribution in [3.05, 3.63) is 17.5 Å². The fraction of sp³-hybridized carbons (Fsp3) is 0.714. The van der Waals surface area contributed by atoms with Gasteiger partial charge in [-0.1, -0.05) is 27.7 Å². The number of nitrogens with zero attached hydrogens (tertiary/aromatic N) is 2. The Morgan fingerprint density at radius 1 is 1.53 bits per heavy atom. The molecule has 0 radical (unpaired) electrons. The lowest BCUT2D eigenvalue weighted by atomic mass is 9.92. The van der Waals surface area contributed by atoms with Crippen molar-refractivity contribution in [1.82, 2.24) is 15.1 Å². The molecule has 5 heteroatoms. The molecule has 0 aromatic carbocycles. The topological polar surface area (TPSA) is 56.1 Å². The molecular formula is C14H25N3O2. The summed E-state index contributed by atoms with van der Waals surface area (Å²) in [5.74, 6) is -0.102. The number of methoxy groups -OCH3 is 1. The van der Waals surface area contributed by atoms with Gasteiger partial charge >= 0.3 is 0 Å². The molecule has 1 unspecified atom stereocenters. The van der Waals surface area contributed by atoms with E-state index < -0.39 is 0 Å². The molecule has 0 aliphatic heterocycles. The quantitative estimate of drug-likeness (QED) is 0.886. The first-order valence-electron chi connectivity index (χ1n) is 6.64. The molecule has 0 fully saturated rings. The molecule has 1 heterocycles. The fourth-order valence-electron chi connectivity index (χ4n) is 1.77. The van der Waals surface area contributed by atoms with E-state index in [1.807, 2.05) is 13.0 Å². The zero-order valence-electron chi connectivity index (χ0n) is 12.8. The Hall–Kier alpha value is -1.36. The monoisotopic (exact) mass is 267 g/mol. The molecule has 0 bridgehead atoms. The predicted molar refractivity (Wildman–Crippen MR) is 75.3 cm³/mol. The Bertz CT molecular complexity index is 432. The van der Waals surface area contributed by atoms with E-state index in [-0.39, 0.29) is 17.4 Å². The molecule has 1 rings (SSSR count). The number of aromatic nitrogens is 2. The molecule has 19 heavy (non-hydrogen) atoms. The zero-order valence-corrected chi connectivity index (χ0v) is 12.8. The third kappa shape index (κ3) is 4.06. The summed E-state index contributed by atoms with van der Waals surface area (Å²) in [7, 11) is 3.43. The average Bonchev–Trinajstić information content (AvgIpc) is 2.70. The maximum Gasteiger partial charge on any atom is 0.269 e. The lowest BCUT2D eigenvalue weighted by molar-refractivity contribution is 0.0885. The minimum atomic E-state index is -0.102. The molecule has 0 saturated carbocycles. The van der Waals surface area contributed by atoms with Crippen LogP contribution in [0.1, 0.15) is 50.3 Å². The van der Waals surface area contributed by atoms with E-state index in [1.165, 1.54) is 0 Å². The summed E-state index contributed by atoms with van der Waals surface area (Å²) >= 11 is 0. The van der Waals surface area contributed by atoms with Crippen LogP contribution in [0.2, 0.25) is 0 Å². The number of nitrogens with one attached hydrogen (secondary N) is 1. The van der Waals surface area contributed by atoms with Crippen molar-refractivity contribution in [1.29, 1.82) is 0 Å². The highest BCUT2D eigenvalue weighted by Crippen LogP contribution is 2.21. The molecule has 0 aliphatic carbocycles. The van der Waals surface area contributed by atoms with Gasteiger partial charge in [-0.05, 0) is 12.5 Å². The van der Waals surface area contributed by atoms with Crippen LogP contribution in [0.15, 0.2) is 6.07 Å². The third-order valence-corrected chi connectivity index (χ3v) is 3.08. The second kappa shape index (κ2) is 6.19. The molecule has 0 spiro atoms. The Morgan fingerprint density at radius 3 is 2.58 bits per heavy atom. The number of amides is 1. The van der Waals surface area contributed by atoms with Crippen molar-refractivity contribution in [2.75, 3.05) is 13.7 Å². The highest BCUT2D eigenvalue weighted by atomic mass is 16.5. The standard InChI is InChI=1S/C14H25N3O2/c1-7-10(9-19-6)15-13(18)11-8-12(14(2,3)4)16-17(11)5/h8,10H,7,9H2,1-6H3,(H,15,18). The smallest absolute Gasteiger partial charge is 0.269 e. The van der Waals surface area contributed by atoms with Crippen molar-refractivity contribution in [2.45, 2.75) is 45.6 Å². The van der Waals surface area contributed by atoms with Gasteiger partial charge in [-0.25, -0.2) is 0 Å². The first-order valence-corrected chi connectivity index (χ1v) is 6.64. The van der Waals surface area contributed by atoms with Crippen LogP contribution < -0.4 is 5.32 Å². The van der Waals surface area contributed by atoms with E-state index in [4.69, 9.17) is 4.74 Å². The van der Waals surface area contributed by atoms with Crippen molar-refractivity contribution in [3.8, 4) is 0 Å². The van der Waals surface area contributed by atoms with Crippen molar-refractivity contribution in [3.63, 3.8) is 0 Å². The maximum absolute atomic E-state index is 12.2. The summed E-state index contributed by atoms with van der Waals surface area (Å²) < 4.78 is 6.72. The van der Waals surface area contributed by atoms with E-state index in [1.54, 1.807) is 18.8 Å². The van der Waals surface area contributed by atoms with Gasteiger partial charge in [-0.2, -0.15) is 5.10 Å². The molecule has 1 amide bonds. The Morgan fingerprint density at radius 2 is 2.16 bits per heavy atom. The number of rotatable bonds is 5. The normalized spacial score (nSPS) is 13.4. The Balaban J connectivity index is 2.85. The number of carbonyl (C=O) groups excluding carboxylic acids is 1. The minimum Gasteiger partial charge on any atom is -0.383 e.